The highest BCUT2D eigenvalue weighted by Crippen LogP contribution is 2.21. The molecule has 1 fully saturated rings. The van der Waals surface area contributed by atoms with E-state index in [4.69, 9.17) is 17.2 Å². The van der Waals surface area contributed by atoms with Crippen molar-refractivity contribution in [2.45, 2.75) is 122 Å². The minimum Gasteiger partial charge on any atom is -0.508 e. The number of nitrogens with two attached hydrogens (primary N) is 3. The number of imidazole rings is 1. The molecule has 8 amide bonds. The molecule has 1 aliphatic rings. The van der Waals surface area contributed by atoms with Crippen molar-refractivity contribution in [2.75, 3.05) is 26.7 Å². The number of nitrogens with zero attached hydrogens (tertiary/aromatic N) is 3. The second-order valence-electron chi connectivity index (χ2n) is 16.8. The van der Waals surface area contributed by atoms with Crippen molar-refractivity contribution < 1.29 is 43.5 Å². The van der Waals surface area contributed by atoms with E-state index in [1.165, 1.54) is 36.5 Å². The van der Waals surface area contributed by atoms with Crippen LogP contribution in [0.4, 0.5) is 0 Å². The molecule has 66 heavy (non-hydrogen) atoms. The first kappa shape index (κ1) is 53.6. The smallest absolute Gasteiger partial charge is 0.246 e. The number of H-pyrrole nitrogens is 1. The number of phenols is 1. The molecule has 8 atom stereocenters. The normalized spacial score (nSPS) is 16.6. The molecule has 1 saturated heterocycles. The summed E-state index contributed by atoms with van der Waals surface area (Å²) in [7, 11) is 1.57. The minimum atomic E-state index is -1.33. The number of aromatic amines is 1. The molecule has 23 heteroatoms. The Kier molecular flexibility index (Phi) is 21.3. The van der Waals surface area contributed by atoms with Crippen LogP contribution in [0.5, 0.6) is 5.75 Å². The predicted octanol–water partition coefficient (Wildman–Crippen LogP) is -2.72. The van der Waals surface area contributed by atoms with Crippen molar-refractivity contribution in [3.63, 3.8) is 0 Å². The van der Waals surface area contributed by atoms with Crippen molar-refractivity contribution in [3.8, 4) is 5.75 Å². The number of carbonyl (C=O) groups is 8. The van der Waals surface area contributed by atoms with Crippen molar-refractivity contribution in [2.24, 2.45) is 34.0 Å². The highest BCUT2D eigenvalue weighted by atomic mass is 16.3. The second kappa shape index (κ2) is 26.2. The van der Waals surface area contributed by atoms with Crippen LogP contribution in [-0.2, 0) is 51.2 Å². The van der Waals surface area contributed by atoms with E-state index >= 15 is 0 Å². The largest absolute Gasteiger partial charge is 0.508 e. The number of primary amides is 1. The van der Waals surface area contributed by atoms with Crippen LogP contribution in [0, 0.1) is 11.8 Å². The molecule has 0 spiro atoms. The highest BCUT2D eigenvalue weighted by Gasteiger charge is 2.40. The first-order valence-corrected chi connectivity index (χ1v) is 22.1. The third kappa shape index (κ3) is 16.7. The molecule has 2 heterocycles. The molecule has 23 nitrogen and oxygen atoms in total. The topological polar surface area (TPSA) is 363 Å². The summed E-state index contributed by atoms with van der Waals surface area (Å²) in [5.41, 5.74) is 17.3. The number of amides is 8. The molecule has 0 bridgehead atoms. The number of hydrogen-bond acceptors (Lipinski definition) is 12. The number of benzene rings is 1. The summed E-state index contributed by atoms with van der Waals surface area (Å²) in [4.78, 5) is 121. The van der Waals surface area contributed by atoms with Crippen LogP contribution in [-0.4, -0.2) is 142 Å². The number of nitrogens with one attached hydrogen (secondary N) is 8. The van der Waals surface area contributed by atoms with Crippen LogP contribution in [0.3, 0.4) is 0 Å². The van der Waals surface area contributed by atoms with Crippen LogP contribution in [0.15, 0.2) is 41.8 Å². The summed E-state index contributed by atoms with van der Waals surface area (Å²) in [5, 5.41) is 29.0. The second-order valence-corrected chi connectivity index (χ2v) is 16.8. The number of likely N-dealkylation sites (N-methyl/N-ethyl adjacent to an activating group) is 1. The van der Waals surface area contributed by atoms with Gasteiger partial charge in [0.05, 0.1) is 12.9 Å². The number of aromatic hydroxyl groups is 1. The van der Waals surface area contributed by atoms with E-state index < -0.39 is 101 Å². The molecular weight excluding hydrogens is 857 g/mol. The zero-order valence-corrected chi connectivity index (χ0v) is 38.5. The number of hydrogen-bond donors (Lipinski definition) is 12. The summed E-state index contributed by atoms with van der Waals surface area (Å²) >= 11 is 0. The molecule has 0 radical (unpaired) electrons. The van der Waals surface area contributed by atoms with Crippen molar-refractivity contribution in [1.82, 2.24) is 52.1 Å². The van der Waals surface area contributed by atoms with Crippen molar-refractivity contribution in [3.05, 3.63) is 48.0 Å². The molecular formula is C43H68N14O9. The minimum absolute atomic E-state index is 0.0325. The SMILES string of the molecule is CC[C@H](C)[C@H](NC(=O)[C@H](Cc1ccc(O)cc1)NC(=O)[C@@H](NC(=O)[C@H](CCCN=C(N)N)NC(=O)CNC)C(C)C)C(=O)N[C@@H](Cc1cnc[nH]1)C(=O)N1CCC[C@H]1C(=O)N[C@@H](C)C(N)=O. The molecule has 15 N–H and O–H groups in total. The average Bonchev–Trinajstić information content (AvgIpc) is 3.98. The van der Waals surface area contributed by atoms with Gasteiger partial charge in [-0.3, -0.25) is 43.3 Å². The number of phenolic OH excluding ortho intramolecular Hbond substituents is 1. The Labute approximate surface area is 384 Å². The maximum absolute atomic E-state index is 14.4. The van der Waals surface area contributed by atoms with Crippen LogP contribution in [0.25, 0.3) is 0 Å². The zero-order chi connectivity index (χ0) is 49.1. The van der Waals surface area contributed by atoms with Gasteiger partial charge in [0.25, 0.3) is 0 Å². The van der Waals surface area contributed by atoms with E-state index in [2.05, 4.69) is 52.2 Å². The Bertz CT molecular complexity index is 1990. The number of likely N-dealkylation sites (tertiary alicyclic amines) is 1. The summed E-state index contributed by atoms with van der Waals surface area (Å²) in [5.74, 6) is -6.42. The molecule has 0 unspecified atom stereocenters. The molecule has 1 aliphatic heterocycles. The number of rotatable bonds is 26. The Hall–Kier alpha value is -6.78. The van der Waals surface area contributed by atoms with Crippen molar-refractivity contribution in [1.29, 1.82) is 0 Å². The van der Waals surface area contributed by atoms with Crippen LogP contribution in [0.1, 0.15) is 78.0 Å². The lowest BCUT2D eigenvalue weighted by atomic mass is 9.96. The van der Waals surface area contributed by atoms with E-state index in [0.717, 1.165) is 0 Å². The van der Waals surface area contributed by atoms with Crippen molar-refractivity contribution >= 4 is 53.2 Å². The van der Waals surface area contributed by atoms with Gasteiger partial charge in [0.1, 0.15) is 48.0 Å². The van der Waals surface area contributed by atoms with E-state index in [1.807, 2.05) is 6.92 Å². The fourth-order valence-corrected chi connectivity index (χ4v) is 7.22. The van der Waals surface area contributed by atoms with Gasteiger partial charge in [-0.2, -0.15) is 0 Å². The number of guanidine groups is 1. The lowest BCUT2D eigenvalue weighted by Gasteiger charge is -2.32. The molecule has 0 aliphatic carbocycles. The third-order valence-electron chi connectivity index (χ3n) is 11.2. The third-order valence-corrected chi connectivity index (χ3v) is 11.2. The van der Waals surface area contributed by atoms with Crippen LogP contribution >= 0.6 is 0 Å². The first-order valence-electron chi connectivity index (χ1n) is 22.1. The van der Waals surface area contributed by atoms with Gasteiger partial charge in [-0.1, -0.05) is 46.2 Å². The maximum Gasteiger partial charge on any atom is 0.246 e. The van der Waals surface area contributed by atoms with Gasteiger partial charge in [0.2, 0.25) is 47.3 Å². The fraction of sp³-hybridized carbons (Fsp3) is 0.581. The quantitative estimate of drug-likeness (QED) is 0.0260. The Balaban J connectivity index is 1.91. The molecule has 0 saturated carbocycles. The van der Waals surface area contributed by atoms with Gasteiger partial charge < -0.3 is 69.4 Å². The van der Waals surface area contributed by atoms with Gasteiger partial charge in [-0.25, -0.2) is 4.98 Å². The van der Waals surface area contributed by atoms with Gasteiger partial charge in [-0.05, 0) is 69.2 Å². The molecule has 3 rings (SSSR count). The summed E-state index contributed by atoms with van der Waals surface area (Å²) in [6, 6.07) is -2.04. The lowest BCUT2D eigenvalue weighted by Crippen LogP contribution is -2.62. The maximum atomic E-state index is 14.4. The summed E-state index contributed by atoms with van der Waals surface area (Å²) in [6.45, 7) is 8.66. The van der Waals surface area contributed by atoms with Gasteiger partial charge in [-0.15, -0.1) is 0 Å². The zero-order valence-electron chi connectivity index (χ0n) is 38.5. The van der Waals surface area contributed by atoms with E-state index in [-0.39, 0.29) is 50.6 Å². The van der Waals surface area contributed by atoms with Gasteiger partial charge in [0, 0.05) is 37.8 Å². The Morgan fingerprint density at radius 2 is 1.47 bits per heavy atom. The summed E-state index contributed by atoms with van der Waals surface area (Å²) in [6.07, 6.45) is 4.39. The predicted molar refractivity (Wildman–Crippen MR) is 243 cm³/mol. The van der Waals surface area contributed by atoms with Gasteiger partial charge in [0.15, 0.2) is 5.96 Å². The highest BCUT2D eigenvalue weighted by molar-refractivity contribution is 5.98. The first-order chi connectivity index (χ1) is 31.2. The Morgan fingerprint density at radius 1 is 0.833 bits per heavy atom. The number of carbonyl (C=O) groups excluding carboxylic acids is 8. The van der Waals surface area contributed by atoms with E-state index in [9.17, 15) is 43.5 Å². The molecule has 364 valence electrons. The fourth-order valence-electron chi connectivity index (χ4n) is 7.22. The Morgan fingerprint density at radius 3 is 2.06 bits per heavy atom. The van der Waals surface area contributed by atoms with E-state index in [0.29, 0.717) is 36.9 Å². The summed E-state index contributed by atoms with van der Waals surface area (Å²) < 4.78 is 0. The van der Waals surface area contributed by atoms with E-state index in [1.54, 1.807) is 40.0 Å². The van der Waals surface area contributed by atoms with Crippen LogP contribution < -0.4 is 54.4 Å². The molecule has 1 aromatic heterocycles. The lowest BCUT2D eigenvalue weighted by molar-refractivity contribution is -0.142. The standard InChI is InChI=1S/C43H68N14O9/c1-7-24(4)35(41(65)54-31(19-27-20-48-22-50-27)42(66)57-17-9-11-32(57)39(63)51-25(5)36(44)60)56-38(62)30(18-26-12-14-28(58)15-13-26)53-40(64)34(23(2)3)55-37(61)29(52-33(59)21-47-6)10-8-16-49-43(45)46/h12-15,20,22-25,29-32,34-35,47,58H,7-11,16-19,21H2,1-6H3,(H2,44,60)(H,48,50)(H,51,63)(H,52,59)(H,53,64)(H,54,65)(H,55,61)(H,56,62)(H4,45,46,49)/t24-,25-,29-,30-,31-,32-,34-,35-/m0/s1. The monoisotopic (exact) mass is 925 g/mol. The van der Waals surface area contributed by atoms with Gasteiger partial charge >= 0.3 is 0 Å². The van der Waals surface area contributed by atoms with Crippen LogP contribution in [0.2, 0.25) is 0 Å². The molecule has 1 aromatic carbocycles. The number of aliphatic imine (C=N–C) groups is 1. The molecule has 2 aromatic rings. The average molecular weight is 925 g/mol. The number of aromatic nitrogens is 2.